The lowest BCUT2D eigenvalue weighted by Crippen LogP contribution is -2.32. The monoisotopic (exact) mass is 385 g/mol. The van der Waals surface area contributed by atoms with Crippen molar-refractivity contribution < 1.29 is 13.2 Å². The minimum absolute atomic E-state index is 0.119. The molecule has 2 aromatic rings. The molecule has 0 spiro atoms. The standard InChI is InChI=1S/C20H23N3O3S/c1-14-6-8-17(9-7-14)27(25,26)22-19-5-3-2-4-18(19)20(24)23-12-15-10-21-11-16(15)13-23/h2-9,15-16,21-22H,10-13H2,1H3/t15-,16+. The van der Waals surface area contributed by atoms with E-state index in [2.05, 4.69) is 10.0 Å². The number of aryl methyl sites for hydroxylation is 1. The van der Waals surface area contributed by atoms with Crippen LogP contribution < -0.4 is 10.0 Å². The number of benzene rings is 2. The molecule has 2 heterocycles. The molecule has 2 saturated heterocycles. The van der Waals surface area contributed by atoms with Crippen molar-refractivity contribution in [3.05, 3.63) is 59.7 Å². The number of nitrogens with zero attached hydrogens (tertiary/aromatic N) is 1. The third-order valence-corrected chi connectivity index (χ3v) is 6.79. The largest absolute Gasteiger partial charge is 0.338 e. The van der Waals surface area contributed by atoms with E-state index in [1.54, 1.807) is 48.5 Å². The Morgan fingerprint density at radius 2 is 1.67 bits per heavy atom. The minimum atomic E-state index is -3.76. The topological polar surface area (TPSA) is 78.5 Å². The van der Waals surface area contributed by atoms with Gasteiger partial charge in [-0.15, -0.1) is 0 Å². The maximum atomic E-state index is 13.0. The number of rotatable bonds is 4. The van der Waals surface area contributed by atoms with E-state index in [0.717, 1.165) is 31.7 Å². The normalized spacial score (nSPS) is 21.9. The highest BCUT2D eigenvalue weighted by molar-refractivity contribution is 7.92. The lowest BCUT2D eigenvalue weighted by molar-refractivity contribution is 0.0783. The van der Waals surface area contributed by atoms with Crippen molar-refractivity contribution in [1.82, 2.24) is 10.2 Å². The number of anilines is 1. The molecule has 2 fully saturated rings. The number of fused-ring (bicyclic) bond motifs is 1. The predicted molar refractivity (Wildman–Crippen MR) is 104 cm³/mol. The maximum absolute atomic E-state index is 13.0. The van der Waals surface area contributed by atoms with Crippen LogP contribution in [0.1, 0.15) is 15.9 Å². The van der Waals surface area contributed by atoms with Gasteiger partial charge in [-0.2, -0.15) is 0 Å². The molecule has 1 amide bonds. The second-order valence-electron chi connectivity index (χ2n) is 7.35. The van der Waals surface area contributed by atoms with Crippen LogP contribution in [-0.4, -0.2) is 45.4 Å². The van der Waals surface area contributed by atoms with Crippen LogP contribution in [0.15, 0.2) is 53.4 Å². The van der Waals surface area contributed by atoms with Gasteiger partial charge in [0.05, 0.1) is 16.1 Å². The van der Waals surface area contributed by atoms with Crippen molar-refractivity contribution in [2.45, 2.75) is 11.8 Å². The van der Waals surface area contributed by atoms with E-state index in [1.807, 2.05) is 11.8 Å². The number of carbonyl (C=O) groups is 1. The summed E-state index contributed by atoms with van der Waals surface area (Å²) in [5, 5.41) is 3.36. The first-order valence-corrected chi connectivity index (χ1v) is 10.6. The molecule has 27 heavy (non-hydrogen) atoms. The van der Waals surface area contributed by atoms with Gasteiger partial charge in [-0.05, 0) is 43.0 Å². The first-order chi connectivity index (χ1) is 12.9. The van der Waals surface area contributed by atoms with Gasteiger partial charge in [0.15, 0.2) is 0 Å². The maximum Gasteiger partial charge on any atom is 0.261 e. The van der Waals surface area contributed by atoms with Gasteiger partial charge < -0.3 is 10.2 Å². The first-order valence-electron chi connectivity index (χ1n) is 9.12. The smallest absolute Gasteiger partial charge is 0.261 e. The summed E-state index contributed by atoms with van der Waals surface area (Å²) in [4.78, 5) is 15.1. The van der Waals surface area contributed by atoms with E-state index in [-0.39, 0.29) is 10.8 Å². The molecule has 4 rings (SSSR count). The van der Waals surface area contributed by atoms with Crippen LogP contribution >= 0.6 is 0 Å². The summed E-state index contributed by atoms with van der Waals surface area (Å²) in [6, 6.07) is 13.4. The molecule has 0 bridgehead atoms. The highest BCUT2D eigenvalue weighted by Crippen LogP contribution is 2.29. The van der Waals surface area contributed by atoms with E-state index >= 15 is 0 Å². The Balaban J connectivity index is 1.58. The first kappa shape index (κ1) is 18.0. The lowest BCUT2D eigenvalue weighted by Gasteiger charge is -2.20. The molecule has 0 saturated carbocycles. The van der Waals surface area contributed by atoms with E-state index in [0.29, 0.717) is 23.1 Å². The molecule has 2 aromatic carbocycles. The zero-order chi connectivity index (χ0) is 19.0. The summed E-state index contributed by atoms with van der Waals surface area (Å²) < 4.78 is 28.0. The van der Waals surface area contributed by atoms with Crippen molar-refractivity contribution >= 4 is 21.6 Å². The van der Waals surface area contributed by atoms with Crippen LogP contribution in [0.25, 0.3) is 0 Å². The highest BCUT2D eigenvalue weighted by atomic mass is 32.2. The quantitative estimate of drug-likeness (QED) is 0.845. The third kappa shape index (κ3) is 3.57. The zero-order valence-electron chi connectivity index (χ0n) is 15.2. The molecule has 0 unspecified atom stereocenters. The molecule has 142 valence electrons. The van der Waals surface area contributed by atoms with Gasteiger partial charge in [0.25, 0.3) is 15.9 Å². The fourth-order valence-electron chi connectivity index (χ4n) is 3.87. The van der Waals surface area contributed by atoms with Gasteiger partial charge in [-0.25, -0.2) is 8.42 Å². The fraction of sp³-hybridized carbons (Fsp3) is 0.350. The summed E-state index contributed by atoms with van der Waals surface area (Å²) in [6.07, 6.45) is 0. The van der Waals surface area contributed by atoms with Crippen LogP contribution in [0.4, 0.5) is 5.69 Å². The molecule has 2 atom stereocenters. The average Bonchev–Trinajstić information content (AvgIpc) is 3.23. The van der Waals surface area contributed by atoms with Crippen LogP contribution in [0, 0.1) is 18.8 Å². The summed E-state index contributed by atoms with van der Waals surface area (Å²) in [5.74, 6) is 0.863. The van der Waals surface area contributed by atoms with Crippen molar-refractivity contribution in [2.75, 3.05) is 30.9 Å². The molecular formula is C20H23N3O3S. The van der Waals surface area contributed by atoms with Gasteiger partial charge in [-0.1, -0.05) is 29.8 Å². The molecule has 6 nitrogen and oxygen atoms in total. The van der Waals surface area contributed by atoms with Crippen molar-refractivity contribution in [1.29, 1.82) is 0 Å². The minimum Gasteiger partial charge on any atom is -0.338 e. The molecule has 0 radical (unpaired) electrons. The second kappa shape index (κ2) is 6.98. The van der Waals surface area contributed by atoms with Gasteiger partial charge >= 0.3 is 0 Å². The van der Waals surface area contributed by atoms with Crippen LogP contribution in [0.2, 0.25) is 0 Å². The molecule has 2 N–H and O–H groups in total. The number of likely N-dealkylation sites (tertiary alicyclic amines) is 1. The third-order valence-electron chi connectivity index (χ3n) is 5.41. The van der Waals surface area contributed by atoms with Crippen molar-refractivity contribution in [3.63, 3.8) is 0 Å². The Bertz CT molecular complexity index is 945. The van der Waals surface area contributed by atoms with Crippen molar-refractivity contribution in [3.8, 4) is 0 Å². The summed E-state index contributed by atoms with van der Waals surface area (Å²) in [6.45, 7) is 5.22. The average molecular weight is 385 g/mol. The van der Waals surface area contributed by atoms with Gasteiger partial charge in [0.2, 0.25) is 0 Å². The highest BCUT2D eigenvalue weighted by Gasteiger charge is 2.38. The van der Waals surface area contributed by atoms with Crippen LogP contribution in [-0.2, 0) is 10.0 Å². The number of hydrogen-bond donors (Lipinski definition) is 2. The Hall–Kier alpha value is -2.38. The van der Waals surface area contributed by atoms with Crippen LogP contribution in [0.3, 0.4) is 0 Å². The number of sulfonamides is 1. The van der Waals surface area contributed by atoms with Gasteiger partial charge in [0, 0.05) is 26.2 Å². The summed E-state index contributed by atoms with van der Waals surface area (Å²) >= 11 is 0. The van der Waals surface area contributed by atoms with E-state index in [4.69, 9.17) is 0 Å². The Kier molecular flexibility index (Phi) is 4.65. The number of amides is 1. The Morgan fingerprint density at radius 1 is 1.04 bits per heavy atom. The number of para-hydroxylation sites is 1. The molecule has 7 heteroatoms. The summed E-state index contributed by atoms with van der Waals surface area (Å²) in [7, 11) is -3.76. The van der Waals surface area contributed by atoms with Gasteiger partial charge in [-0.3, -0.25) is 9.52 Å². The van der Waals surface area contributed by atoms with E-state index < -0.39 is 10.0 Å². The van der Waals surface area contributed by atoms with E-state index in [1.165, 1.54) is 0 Å². The van der Waals surface area contributed by atoms with Crippen LogP contribution in [0.5, 0.6) is 0 Å². The second-order valence-corrected chi connectivity index (χ2v) is 9.04. The Labute approximate surface area is 159 Å². The zero-order valence-corrected chi connectivity index (χ0v) is 16.0. The number of carbonyl (C=O) groups excluding carboxylic acids is 1. The Morgan fingerprint density at radius 3 is 2.33 bits per heavy atom. The SMILES string of the molecule is Cc1ccc(S(=O)(=O)Nc2ccccc2C(=O)N2C[C@H]3CNC[C@H]3C2)cc1. The summed E-state index contributed by atoms with van der Waals surface area (Å²) in [5.41, 5.74) is 1.69. The molecule has 0 aliphatic carbocycles. The lowest BCUT2D eigenvalue weighted by atomic mass is 10.0. The predicted octanol–water partition coefficient (Wildman–Crippen LogP) is 2.09. The van der Waals surface area contributed by atoms with Gasteiger partial charge in [0.1, 0.15) is 0 Å². The molecule has 0 aromatic heterocycles. The molecule has 2 aliphatic heterocycles. The number of hydrogen-bond acceptors (Lipinski definition) is 4. The van der Waals surface area contributed by atoms with Crippen molar-refractivity contribution in [2.24, 2.45) is 11.8 Å². The molecule has 2 aliphatic rings. The number of nitrogens with one attached hydrogen (secondary N) is 2. The fourth-order valence-corrected chi connectivity index (χ4v) is 4.95. The molecular weight excluding hydrogens is 362 g/mol. The van der Waals surface area contributed by atoms with E-state index in [9.17, 15) is 13.2 Å².